The van der Waals surface area contributed by atoms with E-state index in [0.717, 1.165) is 0 Å². The van der Waals surface area contributed by atoms with Crippen LogP contribution in [0.15, 0.2) is 27.5 Å². The van der Waals surface area contributed by atoms with Crippen LogP contribution in [0.1, 0.15) is 0 Å². The Morgan fingerprint density at radius 1 is 1.22 bits per heavy atom. The minimum Gasteiger partial charge on any atom is -0.497 e. The predicted octanol–water partition coefficient (Wildman–Crippen LogP) is 0.982. The Hall–Kier alpha value is -1.76. The summed E-state index contributed by atoms with van der Waals surface area (Å²) >= 11 is 0. The van der Waals surface area contributed by atoms with Gasteiger partial charge in [-0.05, 0) is 12.1 Å². The standard InChI is InChI=1S/C11H16N2O4S/c1-13(2)8-12-18(14,15)11-7-9(16-3)5-6-10(11)17-4/h5-8H,1-4H3. The molecule has 100 valence electrons. The van der Waals surface area contributed by atoms with Gasteiger partial charge in [-0.15, -0.1) is 4.40 Å². The number of benzene rings is 1. The Morgan fingerprint density at radius 3 is 2.39 bits per heavy atom. The van der Waals surface area contributed by atoms with Crippen LogP contribution < -0.4 is 9.47 Å². The van der Waals surface area contributed by atoms with Gasteiger partial charge >= 0.3 is 0 Å². The molecule has 1 aromatic carbocycles. The summed E-state index contributed by atoms with van der Waals surface area (Å²) in [6.45, 7) is 0. The van der Waals surface area contributed by atoms with Gasteiger partial charge in [0.05, 0.1) is 14.2 Å². The zero-order valence-electron chi connectivity index (χ0n) is 10.7. The third-order valence-electron chi connectivity index (χ3n) is 2.07. The molecule has 0 atom stereocenters. The first-order valence-corrected chi connectivity index (χ1v) is 6.53. The maximum absolute atomic E-state index is 12.0. The number of rotatable bonds is 5. The summed E-state index contributed by atoms with van der Waals surface area (Å²) in [5, 5.41) is 0. The second-order valence-electron chi connectivity index (χ2n) is 3.68. The minimum absolute atomic E-state index is 0.0255. The van der Waals surface area contributed by atoms with E-state index in [9.17, 15) is 8.42 Å². The van der Waals surface area contributed by atoms with Gasteiger partial charge in [-0.25, -0.2) is 0 Å². The second-order valence-corrected chi connectivity index (χ2v) is 5.28. The van der Waals surface area contributed by atoms with Crippen molar-refractivity contribution in [3.8, 4) is 11.5 Å². The highest BCUT2D eigenvalue weighted by Gasteiger charge is 2.19. The molecule has 6 nitrogen and oxygen atoms in total. The molecule has 0 aromatic heterocycles. The van der Waals surface area contributed by atoms with Crippen LogP contribution in [0.25, 0.3) is 0 Å². The van der Waals surface area contributed by atoms with Crippen LogP contribution in [-0.2, 0) is 10.0 Å². The number of ether oxygens (including phenoxy) is 2. The van der Waals surface area contributed by atoms with Gasteiger partial charge in [0.1, 0.15) is 22.7 Å². The fourth-order valence-electron chi connectivity index (χ4n) is 1.20. The molecular formula is C11H16N2O4S. The van der Waals surface area contributed by atoms with E-state index in [4.69, 9.17) is 9.47 Å². The highest BCUT2D eigenvalue weighted by atomic mass is 32.2. The Balaban J connectivity index is 3.29. The molecule has 0 spiro atoms. The fourth-order valence-corrected chi connectivity index (χ4v) is 2.30. The monoisotopic (exact) mass is 272 g/mol. The van der Waals surface area contributed by atoms with Crippen molar-refractivity contribution in [2.45, 2.75) is 4.90 Å². The van der Waals surface area contributed by atoms with E-state index in [1.54, 1.807) is 20.2 Å². The predicted molar refractivity (Wildman–Crippen MR) is 68.9 cm³/mol. The summed E-state index contributed by atoms with van der Waals surface area (Å²) in [6, 6.07) is 4.52. The van der Waals surface area contributed by atoms with Crippen LogP contribution in [0.3, 0.4) is 0 Å². The molecule has 0 N–H and O–H groups in total. The lowest BCUT2D eigenvalue weighted by atomic mass is 10.3. The molecular weight excluding hydrogens is 256 g/mol. The molecule has 0 fully saturated rings. The first-order valence-electron chi connectivity index (χ1n) is 5.09. The average Bonchev–Trinajstić information content (AvgIpc) is 2.35. The Morgan fingerprint density at radius 2 is 1.89 bits per heavy atom. The lowest BCUT2D eigenvalue weighted by Crippen LogP contribution is -2.10. The zero-order chi connectivity index (χ0) is 13.8. The highest BCUT2D eigenvalue weighted by Crippen LogP contribution is 2.29. The summed E-state index contributed by atoms with van der Waals surface area (Å²) in [7, 11) is 2.42. The summed E-state index contributed by atoms with van der Waals surface area (Å²) in [4.78, 5) is 1.51. The smallest absolute Gasteiger partial charge is 0.287 e. The molecule has 0 heterocycles. The first kappa shape index (κ1) is 14.3. The van der Waals surface area contributed by atoms with E-state index >= 15 is 0 Å². The van der Waals surface area contributed by atoms with Gasteiger partial charge in [-0.1, -0.05) is 0 Å². The first-order chi connectivity index (χ1) is 8.40. The number of hydrogen-bond donors (Lipinski definition) is 0. The molecule has 0 aliphatic heterocycles. The zero-order valence-corrected chi connectivity index (χ0v) is 11.6. The molecule has 0 amide bonds. The minimum atomic E-state index is -3.81. The van der Waals surface area contributed by atoms with E-state index in [1.165, 1.54) is 37.6 Å². The van der Waals surface area contributed by atoms with Crippen LogP contribution in [0.5, 0.6) is 11.5 Å². The third kappa shape index (κ3) is 3.36. The van der Waals surface area contributed by atoms with Gasteiger partial charge in [0.25, 0.3) is 10.0 Å². The van der Waals surface area contributed by atoms with Crippen molar-refractivity contribution in [2.24, 2.45) is 4.40 Å². The molecule has 0 bridgehead atoms. The van der Waals surface area contributed by atoms with Gasteiger partial charge in [-0.3, -0.25) is 0 Å². The maximum atomic E-state index is 12.0. The lowest BCUT2D eigenvalue weighted by molar-refractivity contribution is 0.392. The van der Waals surface area contributed by atoms with Crippen molar-refractivity contribution in [2.75, 3.05) is 28.3 Å². The van der Waals surface area contributed by atoms with Crippen molar-refractivity contribution < 1.29 is 17.9 Å². The van der Waals surface area contributed by atoms with Gasteiger partial charge < -0.3 is 14.4 Å². The SMILES string of the molecule is COc1ccc(OC)c(S(=O)(=O)N=CN(C)C)c1. The molecule has 0 aliphatic rings. The summed E-state index contributed by atoms with van der Waals surface area (Å²) in [5.41, 5.74) is 0. The van der Waals surface area contributed by atoms with Crippen LogP contribution in [0.4, 0.5) is 0 Å². The van der Waals surface area contributed by atoms with E-state index < -0.39 is 10.0 Å². The molecule has 7 heteroatoms. The third-order valence-corrected chi connectivity index (χ3v) is 3.31. The average molecular weight is 272 g/mol. The van der Waals surface area contributed by atoms with E-state index in [1.807, 2.05) is 0 Å². The molecule has 0 saturated heterocycles. The van der Waals surface area contributed by atoms with Crippen LogP contribution in [0, 0.1) is 0 Å². The van der Waals surface area contributed by atoms with E-state index in [0.29, 0.717) is 5.75 Å². The number of hydrogen-bond acceptors (Lipinski definition) is 4. The molecule has 0 saturated carbocycles. The summed E-state index contributed by atoms with van der Waals surface area (Å²) < 4.78 is 37.6. The van der Waals surface area contributed by atoms with Crippen molar-refractivity contribution >= 4 is 16.4 Å². The Labute approximate surface area is 107 Å². The topological polar surface area (TPSA) is 68.2 Å². The summed E-state index contributed by atoms with van der Waals surface area (Å²) in [5.74, 6) is 0.654. The molecule has 0 radical (unpaired) electrons. The van der Waals surface area contributed by atoms with Crippen LogP contribution in [0.2, 0.25) is 0 Å². The largest absolute Gasteiger partial charge is 0.497 e. The number of sulfonamides is 1. The molecule has 1 aromatic rings. The molecule has 1 rings (SSSR count). The van der Waals surface area contributed by atoms with Gasteiger partial charge in [0.2, 0.25) is 0 Å². The van der Waals surface area contributed by atoms with E-state index in [-0.39, 0.29) is 10.6 Å². The van der Waals surface area contributed by atoms with Gasteiger partial charge in [0.15, 0.2) is 0 Å². The number of methoxy groups -OCH3 is 2. The molecule has 18 heavy (non-hydrogen) atoms. The Kier molecular flexibility index (Phi) is 4.55. The van der Waals surface area contributed by atoms with Crippen LogP contribution >= 0.6 is 0 Å². The van der Waals surface area contributed by atoms with Crippen molar-refractivity contribution in [3.05, 3.63) is 18.2 Å². The Bertz CT molecular complexity index is 538. The highest BCUT2D eigenvalue weighted by molar-refractivity contribution is 7.90. The normalized spacial score (nSPS) is 11.6. The second kappa shape index (κ2) is 5.72. The quantitative estimate of drug-likeness (QED) is 0.590. The van der Waals surface area contributed by atoms with Gasteiger partial charge in [-0.2, -0.15) is 8.42 Å². The lowest BCUT2D eigenvalue weighted by Gasteiger charge is -2.09. The van der Waals surface area contributed by atoms with Crippen molar-refractivity contribution in [1.82, 2.24) is 4.90 Å². The molecule has 0 aliphatic carbocycles. The molecule has 0 unspecified atom stereocenters. The van der Waals surface area contributed by atoms with Gasteiger partial charge in [0, 0.05) is 20.2 Å². The summed E-state index contributed by atoms with van der Waals surface area (Å²) in [6.07, 6.45) is 1.22. The van der Waals surface area contributed by atoms with Crippen molar-refractivity contribution in [1.29, 1.82) is 0 Å². The van der Waals surface area contributed by atoms with E-state index in [2.05, 4.69) is 4.40 Å². The maximum Gasteiger partial charge on any atom is 0.287 e. The number of nitrogens with zero attached hydrogens (tertiary/aromatic N) is 2. The van der Waals surface area contributed by atoms with Crippen LogP contribution in [-0.4, -0.2) is 48.0 Å². The fraction of sp³-hybridized carbons (Fsp3) is 0.364. The van der Waals surface area contributed by atoms with Crippen molar-refractivity contribution in [3.63, 3.8) is 0 Å².